The number of aromatic amines is 1. The molecule has 0 saturated heterocycles. The van der Waals surface area contributed by atoms with Crippen molar-refractivity contribution in [1.29, 1.82) is 0 Å². The lowest BCUT2D eigenvalue weighted by Crippen LogP contribution is -2.39. The van der Waals surface area contributed by atoms with Crippen LogP contribution in [0.1, 0.15) is 39.4 Å². The van der Waals surface area contributed by atoms with Crippen LogP contribution in [0.25, 0.3) is 0 Å². The van der Waals surface area contributed by atoms with Crippen LogP contribution >= 0.6 is 0 Å². The normalized spacial score (nSPS) is 14.2. The summed E-state index contributed by atoms with van der Waals surface area (Å²) >= 11 is 0. The Balaban J connectivity index is 2.91. The van der Waals surface area contributed by atoms with Gasteiger partial charge in [-0.2, -0.15) is 0 Å². The van der Waals surface area contributed by atoms with E-state index in [-0.39, 0.29) is 16.9 Å². The molecule has 20 heavy (non-hydrogen) atoms. The van der Waals surface area contributed by atoms with Gasteiger partial charge in [0.1, 0.15) is 5.82 Å². The Kier molecular flexibility index (Phi) is 4.93. The van der Waals surface area contributed by atoms with E-state index in [0.29, 0.717) is 12.2 Å². The largest absolute Gasteiger partial charge is 0.481 e. The summed E-state index contributed by atoms with van der Waals surface area (Å²) in [6.07, 6.45) is 1.38. The maximum atomic E-state index is 12.1. The van der Waals surface area contributed by atoms with Gasteiger partial charge in [0.05, 0.1) is 12.6 Å². The van der Waals surface area contributed by atoms with E-state index < -0.39 is 22.0 Å². The second kappa shape index (κ2) is 5.92. The number of H-pyrrole nitrogens is 1. The van der Waals surface area contributed by atoms with Crippen molar-refractivity contribution in [2.45, 2.75) is 51.6 Å². The Bertz CT molecular complexity index is 572. The molecule has 0 aliphatic heterocycles. The molecule has 1 rings (SSSR count). The predicted molar refractivity (Wildman–Crippen MR) is 73.8 cm³/mol. The van der Waals surface area contributed by atoms with Crippen molar-refractivity contribution in [1.82, 2.24) is 14.7 Å². The molecule has 8 heteroatoms. The number of aromatic nitrogens is 2. The fourth-order valence-electron chi connectivity index (χ4n) is 1.92. The van der Waals surface area contributed by atoms with Gasteiger partial charge in [-0.25, -0.2) is 18.1 Å². The lowest BCUT2D eigenvalue weighted by atomic mass is 9.87. The Morgan fingerprint density at radius 1 is 1.50 bits per heavy atom. The fraction of sp³-hybridized carbons (Fsp3) is 0.667. The number of sulfonamides is 1. The van der Waals surface area contributed by atoms with Gasteiger partial charge in [-0.1, -0.05) is 20.8 Å². The molecule has 114 valence electrons. The fourth-order valence-corrected chi connectivity index (χ4v) is 3.13. The molecule has 0 fully saturated rings. The summed E-state index contributed by atoms with van der Waals surface area (Å²) in [5.74, 6) is -0.557. The highest BCUT2D eigenvalue weighted by molar-refractivity contribution is 7.89. The summed E-state index contributed by atoms with van der Waals surface area (Å²) in [5, 5.41) is 8.84. The average molecular weight is 303 g/mol. The third-order valence-electron chi connectivity index (χ3n) is 2.57. The standard InChI is InChI=1S/C12H21N3O4S/c1-8-13-7-10(14-8)20(18,19)15-9(5-11(16)17)6-12(2,3)4/h7,9,15H,5-6H2,1-4H3,(H,13,14)(H,16,17). The van der Waals surface area contributed by atoms with Crippen molar-refractivity contribution in [2.24, 2.45) is 5.41 Å². The lowest BCUT2D eigenvalue weighted by molar-refractivity contribution is -0.137. The van der Waals surface area contributed by atoms with Crippen molar-refractivity contribution in [3.8, 4) is 0 Å². The van der Waals surface area contributed by atoms with Crippen LogP contribution in [0.15, 0.2) is 11.2 Å². The van der Waals surface area contributed by atoms with Gasteiger partial charge in [-0.15, -0.1) is 0 Å². The molecule has 3 N–H and O–H groups in total. The minimum atomic E-state index is -3.79. The number of carboxylic acids is 1. The van der Waals surface area contributed by atoms with Crippen molar-refractivity contribution in [3.63, 3.8) is 0 Å². The SMILES string of the molecule is Cc1ncc(S(=O)(=O)NC(CC(=O)O)CC(C)(C)C)[nH]1. The van der Waals surface area contributed by atoms with E-state index in [1.807, 2.05) is 20.8 Å². The summed E-state index contributed by atoms with van der Waals surface area (Å²) in [6.45, 7) is 7.42. The van der Waals surface area contributed by atoms with Crippen LogP contribution in [0.4, 0.5) is 0 Å². The van der Waals surface area contributed by atoms with Gasteiger partial charge in [-0.3, -0.25) is 4.79 Å². The monoisotopic (exact) mass is 303 g/mol. The predicted octanol–water partition coefficient (Wildman–Crippen LogP) is 1.28. The number of imidazole rings is 1. The van der Waals surface area contributed by atoms with Gasteiger partial charge < -0.3 is 10.1 Å². The third-order valence-corrected chi connectivity index (χ3v) is 4.00. The molecule has 0 aromatic carbocycles. The first-order valence-corrected chi connectivity index (χ1v) is 7.74. The minimum absolute atomic E-state index is 0.0562. The Labute approximate surface area is 118 Å². The third kappa shape index (κ3) is 5.30. The van der Waals surface area contributed by atoms with E-state index in [9.17, 15) is 13.2 Å². The van der Waals surface area contributed by atoms with E-state index in [4.69, 9.17) is 5.11 Å². The van der Waals surface area contributed by atoms with Gasteiger partial charge in [0.2, 0.25) is 0 Å². The Hall–Kier alpha value is -1.41. The quantitative estimate of drug-likeness (QED) is 0.732. The number of hydrogen-bond donors (Lipinski definition) is 3. The van der Waals surface area contributed by atoms with E-state index in [1.165, 1.54) is 6.20 Å². The molecule has 0 bridgehead atoms. The average Bonchev–Trinajstić information content (AvgIpc) is 2.60. The van der Waals surface area contributed by atoms with Crippen molar-refractivity contribution < 1.29 is 18.3 Å². The molecule has 0 radical (unpaired) electrons. The van der Waals surface area contributed by atoms with Gasteiger partial charge in [-0.05, 0) is 18.8 Å². The van der Waals surface area contributed by atoms with Crippen molar-refractivity contribution in [2.75, 3.05) is 0 Å². The number of hydrogen-bond acceptors (Lipinski definition) is 4. The lowest BCUT2D eigenvalue weighted by Gasteiger charge is -2.25. The first kappa shape index (κ1) is 16.6. The molecule has 0 aliphatic carbocycles. The molecule has 0 saturated carbocycles. The number of aryl methyl sites for hydroxylation is 1. The first-order chi connectivity index (χ1) is 8.99. The molecule has 1 heterocycles. The number of rotatable bonds is 6. The van der Waals surface area contributed by atoms with Crippen LogP contribution in [0.5, 0.6) is 0 Å². The highest BCUT2D eigenvalue weighted by Crippen LogP contribution is 2.23. The zero-order valence-corrected chi connectivity index (χ0v) is 12.9. The topological polar surface area (TPSA) is 112 Å². The molecule has 1 aromatic heterocycles. The van der Waals surface area contributed by atoms with Crippen LogP contribution < -0.4 is 4.72 Å². The zero-order valence-electron chi connectivity index (χ0n) is 12.1. The summed E-state index contributed by atoms with van der Waals surface area (Å²) < 4.78 is 26.7. The van der Waals surface area contributed by atoms with Gasteiger partial charge in [0.15, 0.2) is 5.03 Å². The van der Waals surface area contributed by atoms with Gasteiger partial charge >= 0.3 is 5.97 Å². The van der Waals surface area contributed by atoms with Crippen LogP contribution in [0.2, 0.25) is 0 Å². The molecule has 7 nitrogen and oxygen atoms in total. The maximum Gasteiger partial charge on any atom is 0.304 e. The second-order valence-corrected chi connectivity index (χ2v) is 7.70. The Morgan fingerprint density at radius 3 is 2.50 bits per heavy atom. The van der Waals surface area contributed by atoms with Crippen LogP contribution in [0, 0.1) is 12.3 Å². The Morgan fingerprint density at radius 2 is 2.10 bits per heavy atom. The van der Waals surface area contributed by atoms with Gasteiger partial charge in [0, 0.05) is 6.04 Å². The second-order valence-electron chi connectivity index (χ2n) is 6.01. The van der Waals surface area contributed by atoms with Crippen LogP contribution in [-0.2, 0) is 14.8 Å². The molecule has 1 atom stereocenters. The van der Waals surface area contributed by atoms with Crippen LogP contribution in [0.3, 0.4) is 0 Å². The van der Waals surface area contributed by atoms with Crippen LogP contribution in [-0.4, -0.2) is 35.5 Å². The number of nitrogens with one attached hydrogen (secondary N) is 2. The minimum Gasteiger partial charge on any atom is -0.481 e. The summed E-state index contributed by atoms with van der Waals surface area (Å²) in [7, 11) is -3.79. The molecule has 0 spiro atoms. The summed E-state index contributed by atoms with van der Waals surface area (Å²) in [4.78, 5) is 17.3. The maximum absolute atomic E-state index is 12.1. The summed E-state index contributed by atoms with van der Waals surface area (Å²) in [5.41, 5.74) is -0.188. The molecule has 0 amide bonds. The molecular formula is C12H21N3O4S. The summed E-state index contributed by atoms with van der Waals surface area (Å²) in [6, 6.07) is -0.666. The number of nitrogens with zero attached hydrogens (tertiary/aromatic N) is 1. The van der Waals surface area contributed by atoms with E-state index in [0.717, 1.165) is 0 Å². The number of carbonyl (C=O) groups is 1. The highest BCUT2D eigenvalue weighted by atomic mass is 32.2. The van der Waals surface area contributed by atoms with Crippen molar-refractivity contribution in [3.05, 3.63) is 12.0 Å². The molecule has 1 aromatic rings. The number of aliphatic carboxylic acids is 1. The van der Waals surface area contributed by atoms with E-state index in [1.54, 1.807) is 6.92 Å². The van der Waals surface area contributed by atoms with Crippen molar-refractivity contribution >= 4 is 16.0 Å². The van der Waals surface area contributed by atoms with Gasteiger partial charge in [0.25, 0.3) is 10.0 Å². The first-order valence-electron chi connectivity index (χ1n) is 6.25. The molecule has 0 aliphatic rings. The zero-order chi connectivity index (χ0) is 15.6. The molecule has 1 unspecified atom stereocenters. The highest BCUT2D eigenvalue weighted by Gasteiger charge is 2.27. The smallest absolute Gasteiger partial charge is 0.304 e. The number of carboxylic acid groups (broad SMARTS) is 1. The van der Waals surface area contributed by atoms with E-state index in [2.05, 4.69) is 14.7 Å². The molecular weight excluding hydrogens is 282 g/mol. The van der Waals surface area contributed by atoms with E-state index >= 15 is 0 Å².